The first kappa shape index (κ1) is 12.2. The van der Waals surface area contributed by atoms with Crippen LogP contribution in [0.4, 0.5) is 5.82 Å². The number of nitrogens with zero attached hydrogens (tertiary/aromatic N) is 1. The Hall–Kier alpha value is -2.84. The number of nitrogens with one attached hydrogen (secondary N) is 3. The minimum Gasteiger partial charge on any atom is -0.502 e. The molecule has 2 aromatic rings. The van der Waals surface area contributed by atoms with Gasteiger partial charge in [0.2, 0.25) is 0 Å². The second kappa shape index (κ2) is 5.30. The zero-order valence-electron chi connectivity index (χ0n) is 8.43. The van der Waals surface area contributed by atoms with Gasteiger partial charge < -0.3 is 15.8 Å². The molecule has 0 saturated carbocycles. The molecule has 6 N–H and O–H groups in total. The van der Waals surface area contributed by atoms with Crippen LogP contribution in [0.5, 0.6) is 5.75 Å². The molecule has 0 aliphatic rings. The van der Waals surface area contributed by atoms with Crippen molar-refractivity contribution in [1.82, 2.24) is 19.9 Å². The number of rotatable bonds is 0. The summed E-state index contributed by atoms with van der Waals surface area (Å²) in [5.74, 6) is -0.153. The van der Waals surface area contributed by atoms with Crippen molar-refractivity contribution in [3.05, 3.63) is 49.8 Å². The van der Waals surface area contributed by atoms with E-state index in [9.17, 15) is 14.4 Å². The molecular weight excluding hydrogens is 230 g/mol. The van der Waals surface area contributed by atoms with Gasteiger partial charge in [-0.15, -0.1) is 0 Å². The number of hydrogen-bond acceptors (Lipinski definition) is 6. The van der Waals surface area contributed by atoms with Crippen LogP contribution in [0.15, 0.2) is 32.8 Å². The van der Waals surface area contributed by atoms with Crippen molar-refractivity contribution < 1.29 is 5.11 Å². The average Bonchev–Trinajstić information content (AvgIpc) is 2.24. The van der Waals surface area contributed by atoms with Crippen molar-refractivity contribution in [2.75, 3.05) is 5.73 Å². The highest BCUT2D eigenvalue weighted by Gasteiger charge is 1.91. The summed E-state index contributed by atoms with van der Waals surface area (Å²) in [6.07, 6.45) is 2.29. The third-order valence-corrected chi connectivity index (χ3v) is 1.50. The first-order valence-electron chi connectivity index (χ1n) is 4.31. The van der Waals surface area contributed by atoms with Gasteiger partial charge in [-0.1, -0.05) is 0 Å². The molecule has 2 aromatic heterocycles. The Labute approximate surface area is 93.0 Å². The third-order valence-electron chi connectivity index (χ3n) is 1.50. The second-order valence-corrected chi connectivity index (χ2v) is 2.79. The summed E-state index contributed by atoms with van der Waals surface area (Å²) >= 11 is 0. The van der Waals surface area contributed by atoms with Crippen LogP contribution in [0, 0.1) is 0 Å². The second-order valence-electron chi connectivity index (χ2n) is 2.79. The van der Waals surface area contributed by atoms with E-state index in [0.29, 0.717) is 5.82 Å². The van der Waals surface area contributed by atoms with Crippen LogP contribution < -0.4 is 22.7 Å². The number of nitrogens with two attached hydrogens (primary N) is 1. The van der Waals surface area contributed by atoms with Gasteiger partial charge in [0.1, 0.15) is 5.82 Å². The minimum atomic E-state index is -0.779. The molecule has 0 unspecified atom stereocenters. The molecule has 0 saturated heterocycles. The molecule has 2 rings (SSSR count). The number of aromatic amines is 3. The van der Waals surface area contributed by atoms with E-state index in [1.165, 1.54) is 12.3 Å². The van der Waals surface area contributed by atoms with Gasteiger partial charge in [0.15, 0.2) is 5.75 Å². The van der Waals surface area contributed by atoms with E-state index in [4.69, 9.17) is 10.8 Å². The molecule has 0 atom stereocenters. The Morgan fingerprint density at radius 1 is 1.24 bits per heavy atom. The number of hydrogen-bond donors (Lipinski definition) is 5. The molecule has 2 heterocycles. The number of aromatic hydroxyl groups is 1. The number of anilines is 1. The molecule has 0 aliphatic heterocycles. The van der Waals surface area contributed by atoms with Crippen LogP contribution >= 0.6 is 0 Å². The molecule has 0 radical (unpaired) electrons. The summed E-state index contributed by atoms with van der Waals surface area (Å²) < 4.78 is 0. The number of nitrogen functional groups attached to an aromatic ring is 1. The molecular formula is C8H9N5O4. The highest BCUT2D eigenvalue weighted by atomic mass is 16.3. The normalized spacial score (nSPS) is 9.18. The fourth-order valence-corrected chi connectivity index (χ4v) is 0.785. The van der Waals surface area contributed by atoms with E-state index in [0.717, 1.165) is 6.20 Å². The lowest BCUT2D eigenvalue weighted by molar-refractivity contribution is 0.462. The molecule has 0 spiro atoms. The minimum absolute atomic E-state index is 0.338. The molecule has 0 aromatic carbocycles. The smallest absolute Gasteiger partial charge is 0.346 e. The summed E-state index contributed by atoms with van der Waals surface area (Å²) in [6, 6.07) is 1.52. The van der Waals surface area contributed by atoms with Gasteiger partial charge in [0, 0.05) is 6.20 Å². The quantitative estimate of drug-likeness (QED) is 0.362. The lowest BCUT2D eigenvalue weighted by atomic mass is 10.6. The predicted octanol–water partition coefficient (Wildman–Crippen LogP) is -1.88. The van der Waals surface area contributed by atoms with Crippen molar-refractivity contribution in [2.45, 2.75) is 0 Å². The maximum Gasteiger partial charge on any atom is 0.346 e. The predicted molar refractivity (Wildman–Crippen MR) is 58.6 cm³/mol. The lowest BCUT2D eigenvalue weighted by Gasteiger charge is -1.84. The molecule has 0 fully saturated rings. The summed E-state index contributed by atoms with van der Waals surface area (Å²) in [5, 5.41) is 8.53. The van der Waals surface area contributed by atoms with E-state index in [1.807, 2.05) is 4.98 Å². The van der Waals surface area contributed by atoms with Gasteiger partial charge in [-0.3, -0.25) is 14.8 Å². The van der Waals surface area contributed by atoms with Crippen LogP contribution in [-0.2, 0) is 0 Å². The van der Waals surface area contributed by atoms with Crippen LogP contribution in [-0.4, -0.2) is 25.0 Å². The maximum atomic E-state index is 10.3. The van der Waals surface area contributed by atoms with Gasteiger partial charge in [0.25, 0.3) is 5.56 Å². The van der Waals surface area contributed by atoms with Gasteiger partial charge in [-0.2, -0.15) is 0 Å². The zero-order chi connectivity index (χ0) is 12.8. The van der Waals surface area contributed by atoms with Crippen LogP contribution in [0.1, 0.15) is 0 Å². The molecule has 0 amide bonds. The summed E-state index contributed by atoms with van der Waals surface area (Å²) in [4.78, 5) is 40.3. The van der Waals surface area contributed by atoms with Gasteiger partial charge in [-0.25, -0.2) is 14.6 Å². The Kier molecular flexibility index (Phi) is 3.81. The van der Waals surface area contributed by atoms with Gasteiger partial charge in [0.05, 0.1) is 6.20 Å². The highest BCUT2D eigenvalue weighted by molar-refractivity contribution is 5.22. The van der Waals surface area contributed by atoms with Crippen molar-refractivity contribution in [3.63, 3.8) is 0 Å². The molecule has 0 bridgehead atoms. The number of aromatic nitrogens is 4. The molecule has 0 aliphatic carbocycles. The Bertz CT molecular complexity index is 655. The lowest BCUT2D eigenvalue weighted by Crippen LogP contribution is -2.20. The van der Waals surface area contributed by atoms with Crippen molar-refractivity contribution in [3.8, 4) is 5.75 Å². The third kappa shape index (κ3) is 4.03. The first-order valence-corrected chi connectivity index (χ1v) is 4.31. The summed E-state index contributed by atoms with van der Waals surface area (Å²) in [5.41, 5.74) is 3.35. The first-order chi connectivity index (χ1) is 7.99. The van der Waals surface area contributed by atoms with Gasteiger partial charge >= 0.3 is 11.4 Å². The van der Waals surface area contributed by atoms with Crippen molar-refractivity contribution in [2.24, 2.45) is 0 Å². The fraction of sp³-hybridized carbons (Fsp3) is 0. The Morgan fingerprint density at radius 3 is 2.35 bits per heavy atom. The zero-order valence-corrected chi connectivity index (χ0v) is 8.43. The Balaban J connectivity index is 0.000000171. The van der Waals surface area contributed by atoms with Gasteiger partial charge in [-0.05, 0) is 6.07 Å². The van der Waals surface area contributed by atoms with E-state index in [2.05, 4.69) is 15.0 Å². The number of H-pyrrole nitrogens is 3. The standard InChI is InChI=1S/C4H5N3O.C4H4N2O3/c5-3-1-2-6-4(8)7-3;7-2-1-5-4(9)6-3(2)8/h1-2H,(H3,5,6,7,8);1,7H,(H2,5,6,8,9). The van der Waals surface area contributed by atoms with E-state index >= 15 is 0 Å². The topological polar surface area (TPSA) is 158 Å². The highest BCUT2D eigenvalue weighted by Crippen LogP contribution is 1.86. The van der Waals surface area contributed by atoms with E-state index in [-0.39, 0.29) is 0 Å². The maximum absolute atomic E-state index is 10.3. The molecule has 90 valence electrons. The van der Waals surface area contributed by atoms with Crippen LogP contribution in [0.25, 0.3) is 0 Å². The van der Waals surface area contributed by atoms with Crippen LogP contribution in [0.2, 0.25) is 0 Å². The SMILES string of the molecule is Nc1ccnc(=O)[nH]1.O=c1[nH]cc(O)c(=O)[nH]1. The van der Waals surface area contributed by atoms with E-state index in [1.54, 1.807) is 0 Å². The molecule has 17 heavy (non-hydrogen) atoms. The largest absolute Gasteiger partial charge is 0.502 e. The van der Waals surface area contributed by atoms with Crippen molar-refractivity contribution >= 4 is 5.82 Å². The Morgan fingerprint density at radius 2 is 1.94 bits per heavy atom. The van der Waals surface area contributed by atoms with Crippen LogP contribution in [0.3, 0.4) is 0 Å². The van der Waals surface area contributed by atoms with E-state index < -0.39 is 22.7 Å². The van der Waals surface area contributed by atoms with Crippen molar-refractivity contribution in [1.29, 1.82) is 0 Å². The monoisotopic (exact) mass is 239 g/mol. The molecule has 9 heteroatoms. The summed E-state index contributed by atoms with van der Waals surface area (Å²) in [7, 11) is 0. The fourth-order valence-electron chi connectivity index (χ4n) is 0.785. The average molecular weight is 239 g/mol. The molecule has 9 nitrogen and oxygen atoms in total. The summed E-state index contributed by atoms with van der Waals surface area (Å²) in [6.45, 7) is 0.